The minimum Gasteiger partial charge on any atom is -0.469 e. The van der Waals surface area contributed by atoms with Gasteiger partial charge in [0.15, 0.2) is 6.10 Å². The molecule has 0 aromatic heterocycles. The molecular weight excluding hydrogens is 292 g/mol. The van der Waals surface area contributed by atoms with Crippen molar-refractivity contribution in [2.24, 2.45) is 9.54 Å². The Hall–Kier alpha value is -1.68. The lowest BCUT2D eigenvalue weighted by Crippen LogP contribution is -2.43. The van der Waals surface area contributed by atoms with Crippen LogP contribution in [0, 0.1) is 0 Å². The number of hydrogen-bond donors (Lipinski definition) is 1. The molecule has 9 nitrogen and oxygen atoms in total. The quantitative estimate of drug-likeness (QED) is 0.676. The third kappa shape index (κ3) is 5.97. The van der Waals surface area contributed by atoms with Crippen LogP contribution in [0.5, 0.6) is 0 Å². The predicted octanol–water partition coefficient (Wildman–Crippen LogP) is -0.738. The first-order chi connectivity index (χ1) is 9.17. The fraction of sp³-hybridized carbons (Fsp3) is 0.700. The minimum absolute atomic E-state index is 0.104. The molecule has 0 amide bonds. The van der Waals surface area contributed by atoms with E-state index < -0.39 is 34.4 Å². The third-order valence-electron chi connectivity index (χ3n) is 2.34. The maximum atomic E-state index is 11.0. The third-order valence-corrected chi connectivity index (χ3v) is 2.80. The highest BCUT2D eigenvalue weighted by Crippen LogP contribution is 2.20. The zero-order valence-corrected chi connectivity index (χ0v) is 11.9. The summed E-state index contributed by atoms with van der Waals surface area (Å²) >= 11 is 0. The summed E-state index contributed by atoms with van der Waals surface area (Å²) in [6.07, 6.45) is -1.03. The topological polar surface area (TPSA) is 134 Å². The van der Waals surface area contributed by atoms with Crippen LogP contribution in [0.15, 0.2) is 4.40 Å². The van der Waals surface area contributed by atoms with Crippen molar-refractivity contribution in [1.29, 1.82) is 0 Å². The molecule has 114 valence electrons. The van der Waals surface area contributed by atoms with Gasteiger partial charge in [-0.05, 0) is 6.42 Å². The van der Waals surface area contributed by atoms with Crippen LogP contribution < -0.4 is 5.14 Å². The highest BCUT2D eigenvalue weighted by Gasteiger charge is 2.33. The number of esters is 2. The van der Waals surface area contributed by atoms with E-state index in [0.29, 0.717) is 6.42 Å². The van der Waals surface area contributed by atoms with Crippen molar-refractivity contribution in [1.82, 2.24) is 0 Å². The molecule has 20 heavy (non-hydrogen) atoms. The van der Waals surface area contributed by atoms with E-state index in [1.54, 1.807) is 0 Å². The highest BCUT2D eigenvalue weighted by atomic mass is 32.2. The second-order valence-corrected chi connectivity index (χ2v) is 5.36. The van der Waals surface area contributed by atoms with Crippen molar-refractivity contribution in [3.63, 3.8) is 0 Å². The van der Waals surface area contributed by atoms with E-state index in [0.717, 1.165) is 0 Å². The fourth-order valence-corrected chi connectivity index (χ4v) is 2.08. The maximum Gasteiger partial charge on any atom is 0.320 e. The predicted molar refractivity (Wildman–Crippen MR) is 66.8 cm³/mol. The van der Waals surface area contributed by atoms with Crippen LogP contribution in [-0.2, 0) is 34.0 Å². The average Bonchev–Trinajstić information content (AvgIpc) is 2.26. The van der Waals surface area contributed by atoms with Gasteiger partial charge in [-0.25, -0.2) is 5.14 Å². The van der Waals surface area contributed by atoms with Gasteiger partial charge in [0.05, 0.1) is 0 Å². The molecule has 1 saturated heterocycles. The lowest BCUT2D eigenvalue weighted by molar-refractivity contribution is -0.159. The van der Waals surface area contributed by atoms with Crippen LogP contribution in [0.4, 0.5) is 0 Å². The molecule has 2 atom stereocenters. The summed E-state index contributed by atoms with van der Waals surface area (Å²) in [6.45, 7) is 2.26. The van der Waals surface area contributed by atoms with Gasteiger partial charge in [0.25, 0.3) is 0 Å². The summed E-state index contributed by atoms with van der Waals surface area (Å²) in [5, 5.41) is 4.78. The molecule has 0 unspecified atom stereocenters. The molecular formula is C10H16N2O7S. The molecule has 0 radical (unpaired) electrons. The lowest BCUT2D eigenvalue weighted by atomic mass is 10.1. The summed E-state index contributed by atoms with van der Waals surface area (Å²) < 4.78 is 40.0. The Bertz CT molecular complexity index is 514. The monoisotopic (exact) mass is 308 g/mol. The van der Waals surface area contributed by atoms with Gasteiger partial charge in [-0.3, -0.25) is 9.59 Å². The summed E-state index contributed by atoms with van der Waals surface area (Å²) in [6, 6.07) is 0. The summed E-state index contributed by atoms with van der Waals surface area (Å²) in [5.41, 5.74) is 0. The molecule has 2 N–H and O–H groups in total. The van der Waals surface area contributed by atoms with Crippen LogP contribution in [0.1, 0.15) is 26.7 Å². The number of ether oxygens (including phenoxy) is 3. The first-order valence-corrected chi connectivity index (χ1v) is 7.26. The second kappa shape index (κ2) is 6.66. The van der Waals surface area contributed by atoms with E-state index in [-0.39, 0.29) is 18.9 Å². The van der Waals surface area contributed by atoms with Crippen LogP contribution in [0.2, 0.25) is 0 Å². The molecule has 1 heterocycles. The Morgan fingerprint density at radius 2 is 2.05 bits per heavy atom. The van der Waals surface area contributed by atoms with Gasteiger partial charge < -0.3 is 14.2 Å². The zero-order valence-electron chi connectivity index (χ0n) is 11.1. The smallest absolute Gasteiger partial charge is 0.320 e. The number of hydrogen-bond acceptors (Lipinski definition) is 7. The highest BCUT2D eigenvalue weighted by molar-refractivity contribution is 7.88. The molecule has 0 aliphatic carbocycles. The molecule has 0 aromatic rings. The summed E-state index contributed by atoms with van der Waals surface area (Å²) in [7, 11) is -4.07. The van der Waals surface area contributed by atoms with Crippen molar-refractivity contribution in [3.8, 4) is 0 Å². The Balaban J connectivity index is 2.79. The standard InChI is InChI=1S/C10H16N2O7S/c1-6(13)17-5-9-8(18-7(2)14)3-4-10(19-9)12-20(11,15)16/h8-9H,3-5H2,1-2H3,(H2,11,15,16)/b12-10+/t8-,9-/m1/s1. The van der Waals surface area contributed by atoms with Gasteiger partial charge in [0.2, 0.25) is 5.90 Å². The maximum absolute atomic E-state index is 11.0. The van der Waals surface area contributed by atoms with Crippen molar-refractivity contribution in [2.75, 3.05) is 6.61 Å². The van der Waals surface area contributed by atoms with E-state index in [2.05, 4.69) is 4.40 Å². The number of nitrogens with two attached hydrogens (primary N) is 1. The van der Waals surface area contributed by atoms with Crippen molar-refractivity contribution in [3.05, 3.63) is 0 Å². The number of carbonyl (C=O) groups excluding carboxylic acids is 2. The zero-order chi connectivity index (χ0) is 15.3. The number of rotatable bonds is 4. The van der Waals surface area contributed by atoms with Gasteiger partial charge >= 0.3 is 22.1 Å². The Labute approximate surface area is 116 Å². The largest absolute Gasteiger partial charge is 0.469 e. The van der Waals surface area contributed by atoms with E-state index in [9.17, 15) is 18.0 Å². The molecule has 1 aliphatic heterocycles. The van der Waals surface area contributed by atoms with Gasteiger partial charge in [-0.2, -0.15) is 8.42 Å². The van der Waals surface area contributed by atoms with Crippen LogP contribution in [0.25, 0.3) is 0 Å². The van der Waals surface area contributed by atoms with Gasteiger partial charge in [0, 0.05) is 20.3 Å². The molecule has 10 heteroatoms. The average molecular weight is 308 g/mol. The molecule has 0 bridgehead atoms. The van der Waals surface area contributed by atoms with Crippen LogP contribution >= 0.6 is 0 Å². The van der Waals surface area contributed by atoms with Gasteiger partial charge in [0.1, 0.15) is 12.7 Å². The van der Waals surface area contributed by atoms with E-state index in [1.807, 2.05) is 0 Å². The summed E-state index contributed by atoms with van der Waals surface area (Å²) in [5.74, 6) is -1.16. The molecule has 0 saturated carbocycles. The van der Waals surface area contributed by atoms with Gasteiger partial charge in [-0.1, -0.05) is 0 Å². The minimum atomic E-state index is -4.07. The summed E-state index contributed by atoms with van der Waals surface area (Å²) in [4.78, 5) is 21.8. The number of nitrogens with zero attached hydrogens (tertiary/aromatic N) is 1. The molecule has 0 spiro atoms. The second-order valence-electron chi connectivity index (χ2n) is 4.15. The van der Waals surface area contributed by atoms with Crippen molar-refractivity contribution in [2.45, 2.75) is 38.9 Å². The van der Waals surface area contributed by atoms with E-state index in [1.165, 1.54) is 13.8 Å². The Morgan fingerprint density at radius 1 is 1.40 bits per heavy atom. The van der Waals surface area contributed by atoms with Crippen LogP contribution in [-0.4, -0.2) is 45.1 Å². The molecule has 1 aliphatic rings. The van der Waals surface area contributed by atoms with E-state index >= 15 is 0 Å². The van der Waals surface area contributed by atoms with Gasteiger partial charge in [-0.15, -0.1) is 4.40 Å². The number of carbonyl (C=O) groups is 2. The molecule has 1 fully saturated rings. The SMILES string of the molecule is CC(=O)OC[C@H]1O/C(=N/S(N)(=O)=O)CC[C@H]1OC(C)=O. The first-order valence-electron chi connectivity index (χ1n) is 5.76. The molecule has 0 aromatic carbocycles. The van der Waals surface area contributed by atoms with E-state index in [4.69, 9.17) is 19.3 Å². The first kappa shape index (κ1) is 16.4. The Kier molecular flexibility index (Phi) is 5.45. The normalized spacial score (nSPS) is 24.9. The molecule has 1 rings (SSSR count). The lowest BCUT2D eigenvalue weighted by Gasteiger charge is -2.31. The fourth-order valence-electron chi connectivity index (χ4n) is 1.66. The van der Waals surface area contributed by atoms with Crippen molar-refractivity contribution < 1.29 is 32.2 Å². The van der Waals surface area contributed by atoms with Crippen molar-refractivity contribution >= 4 is 28.0 Å². The van der Waals surface area contributed by atoms with Crippen LogP contribution in [0.3, 0.4) is 0 Å². The Morgan fingerprint density at radius 3 is 2.55 bits per heavy atom.